The quantitative estimate of drug-likeness (QED) is 0.786. The topological polar surface area (TPSA) is 62.7 Å². The van der Waals surface area contributed by atoms with Crippen LogP contribution < -0.4 is 0 Å². The molecule has 1 amide bonds. The average molecular weight is 308 g/mol. The summed E-state index contributed by atoms with van der Waals surface area (Å²) in [6.45, 7) is 8.76. The van der Waals surface area contributed by atoms with Gasteiger partial charge in [-0.05, 0) is 51.7 Å². The van der Waals surface area contributed by atoms with E-state index in [0.717, 1.165) is 24.1 Å². The van der Waals surface area contributed by atoms with Gasteiger partial charge in [0, 0.05) is 19.3 Å². The molecule has 1 aromatic rings. The fourth-order valence-electron chi connectivity index (χ4n) is 2.09. The van der Waals surface area contributed by atoms with Crippen LogP contribution in [0.15, 0.2) is 18.3 Å². The van der Waals surface area contributed by atoms with Crippen LogP contribution in [0.5, 0.6) is 0 Å². The molecule has 1 heterocycles. The molecule has 0 atom stereocenters. The number of pyridine rings is 1. The maximum absolute atomic E-state index is 12.4. The third-order valence-corrected chi connectivity index (χ3v) is 3.19. The van der Waals surface area contributed by atoms with Crippen LogP contribution >= 0.6 is 0 Å². The SMILES string of the molecule is CCc1cccnc1CN(CCCCO)C(=O)OC(C)(C)C. The second kappa shape index (κ2) is 8.73. The van der Waals surface area contributed by atoms with E-state index in [4.69, 9.17) is 9.84 Å². The van der Waals surface area contributed by atoms with E-state index in [9.17, 15) is 4.79 Å². The number of hydrogen-bond donors (Lipinski definition) is 1. The Balaban J connectivity index is 2.82. The number of carbonyl (C=O) groups excluding carboxylic acids is 1. The zero-order valence-corrected chi connectivity index (χ0v) is 14.1. The molecule has 0 aromatic carbocycles. The number of aliphatic hydroxyl groups excluding tert-OH is 1. The van der Waals surface area contributed by atoms with E-state index in [-0.39, 0.29) is 12.7 Å². The van der Waals surface area contributed by atoms with E-state index in [1.807, 2.05) is 32.9 Å². The van der Waals surface area contributed by atoms with Crippen LogP contribution in [-0.4, -0.2) is 39.8 Å². The van der Waals surface area contributed by atoms with Crippen LogP contribution in [0, 0.1) is 0 Å². The van der Waals surface area contributed by atoms with Crippen LogP contribution in [-0.2, 0) is 17.7 Å². The lowest BCUT2D eigenvalue weighted by molar-refractivity contribution is 0.0225. The zero-order chi connectivity index (χ0) is 16.6. The molecule has 124 valence electrons. The summed E-state index contributed by atoms with van der Waals surface area (Å²) in [4.78, 5) is 18.4. The van der Waals surface area contributed by atoms with E-state index in [1.165, 1.54) is 0 Å². The van der Waals surface area contributed by atoms with Gasteiger partial charge in [0.25, 0.3) is 0 Å². The van der Waals surface area contributed by atoms with Crippen LogP contribution in [0.1, 0.15) is 51.8 Å². The monoisotopic (exact) mass is 308 g/mol. The molecule has 0 radical (unpaired) electrons. The van der Waals surface area contributed by atoms with Gasteiger partial charge in [-0.1, -0.05) is 13.0 Å². The Hall–Kier alpha value is -1.62. The van der Waals surface area contributed by atoms with Crippen molar-refractivity contribution in [3.63, 3.8) is 0 Å². The molecule has 0 aliphatic heterocycles. The molecular weight excluding hydrogens is 280 g/mol. The summed E-state index contributed by atoms with van der Waals surface area (Å²) in [5.74, 6) is 0. The molecule has 0 fully saturated rings. The molecule has 5 heteroatoms. The van der Waals surface area contributed by atoms with Crippen molar-refractivity contribution in [3.05, 3.63) is 29.6 Å². The Morgan fingerprint density at radius 1 is 1.36 bits per heavy atom. The number of amides is 1. The molecule has 1 rings (SSSR count). The molecule has 0 unspecified atom stereocenters. The first-order chi connectivity index (χ1) is 10.4. The lowest BCUT2D eigenvalue weighted by Crippen LogP contribution is -2.37. The average Bonchev–Trinajstić information content (AvgIpc) is 2.45. The summed E-state index contributed by atoms with van der Waals surface area (Å²) in [5, 5.41) is 8.93. The van der Waals surface area contributed by atoms with Crippen molar-refractivity contribution in [1.29, 1.82) is 0 Å². The fourth-order valence-corrected chi connectivity index (χ4v) is 2.09. The minimum atomic E-state index is -0.524. The summed E-state index contributed by atoms with van der Waals surface area (Å²) >= 11 is 0. The van der Waals surface area contributed by atoms with E-state index >= 15 is 0 Å². The Bertz CT molecular complexity index is 469. The highest BCUT2D eigenvalue weighted by atomic mass is 16.6. The summed E-state index contributed by atoms with van der Waals surface area (Å²) in [6, 6.07) is 3.94. The summed E-state index contributed by atoms with van der Waals surface area (Å²) in [5.41, 5.74) is 1.52. The van der Waals surface area contributed by atoms with Gasteiger partial charge >= 0.3 is 6.09 Å². The minimum absolute atomic E-state index is 0.131. The molecule has 1 N–H and O–H groups in total. The van der Waals surface area contributed by atoms with Gasteiger partial charge in [0.05, 0.1) is 12.2 Å². The first-order valence-corrected chi connectivity index (χ1v) is 7.89. The number of ether oxygens (including phenoxy) is 1. The second-order valence-corrected chi connectivity index (χ2v) is 6.30. The number of aliphatic hydroxyl groups is 1. The second-order valence-electron chi connectivity index (χ2n) is 6.30. The first kappa shape index (κ1) is 18.4. The molecule has 22 heavy (non-hydrogen) atoms. The number of aryl methyl sites for hydroxylation is 1. The standard InChI is InChI=1S/C17H28N2O3/c1-5-14-9-8-10-18-15(14)13-19(11-6-7-12-20)16(21)22-17(2,3)4/h8-10,20H,5-7,11-13H2,1-4H3. The largest absolute Gasteiger partial charge is 0.444 e. The number of carbonyl (C=O) groups is 1. The van der Waals surface area contributed by atoms with Crippen LogP contribution in [0.4, 0.5) is 4.79 Å². The highest BCUT2D eigenvalue weighted by Crippen LogP contribution is 2.15. The Kier molecular flexibility index (Phi) is 7.32. The maximum atomic E-state index is 12.4. The third kappa shape index (κ3) is 6.43. The number of unbranched alkanes of at least 4 members (excludes halogenated alkanes) is 1. The number of nitrogens with zero attached hydrogens (tertiary/aromatic N) is 2. The molecule has 0 aliphatic rings. The van der Waals surface area contributed by atoms with Crippen molar-refractivity contribution in [3.8, 4) is 0 Å². The fraction of sp³-hybridized carbons (Fsp3) is 0.647. The lowest BCUT2D eigenvalue weighted by Gasteiger charge is -2.27. The molecular formula is C17H28N2O3. The predicted molar refractivity (Wildman–Crippen MR) is 86.6 cm³/mol. The highest BCUT2D eigenvalue weighted by molar-refractivity contribution is 5.68. The summed E-state index contributed by atoms with van der Waals surface area (Å²) in [7, 11) is 0. The molecule has 0 saturated heterocycles. The van der Waals surface area contributed by atoms with Crippen LogP contribution in [0.3, 0.4) is 0 Å². The zero-order valence-electron chi connectivity index (χ0n) is 14.1. The predicted octanol–water partition coefficient (Wildman–Crippen LogP) is 3.15. The van der Waals surface area contributed by atoms with Crippen molar-refractivity contribution >= 4 is 6.09 Å². The Labute approximate surface area is 133 Å². The van der Waals surface area contributed by atoms with Crippen molar-refractivity contribution in [2.24, 2.45) is 0 Å². The van der Waals surface area contributed by atoms with E-state index in [0.29, 0.717) is 19.5 Å². The van der Waals surface area contributed by atoms with Crippen LogP contribution in [0.2, 0.25) is 0 Å². The van der Waals surface area contributed by atoms with Gasteiger partial charge in [-0.2, -0.15) is 0 Å². The molecule has 0 bridgehead atoms. The summed E-state index contributed by atoms with van der Waals surface area (Å²) < 4.78 is 5.47. The third-order valence-electron chi connectivity index (χ3n) is 3.19. The highest BCUT2D eigenvalue weighted by Gasteiger charge is 2.22. The smallest absolute Gasteiger partial charge is 0.410 e. The first-order valence-electron chi connectivity index (χ1n) is 7.89. The lowest BCUT2D eigenvalue weighted by atomic mass is 10.1. The van der Waals surface area contributed by atoms with Gasteiger partial charge in [0.1, 0.15) is 5.60 Å². The molecule has 0 saturated carbocycles. The van der Waals surface area contributed by atoms with Gasteiger partial charge in [0.2, 0.25) is 0 Å². The Morgan fingerprint density at radius 3 is 2.68 bits per heavy atom. The maximum Gasteiger partial charge on any atom is 0.410 e. The van der Waals surface area contributed by atoms with Gasteiger partial charge < -0.3 is 14.7 Å². The van der Waals surface area contributed by atoms with Gasteiger partial charge in [0.15, 0.2) is 0 Å². The van der Waals surface area contributed by atoms with Crippen molar-refractivity contribution in [2.75, 3.05) is 13.2 Å². The van der Waals surface area contributed by atoms with E-state index in [1.54, 1.807) is 11.1 Å². The van der Waals surface area contributed by atoms with Crippen LogP contribution in [0.25, 0.3) is 0 Å². The molecule has 0 spiro atoms. The molecule has 1 aromatic heterocycles. The van der Waals surface area contributed by atoms with Crippen molar-refractivity contribution < 1.29 is 14.6 Å². The molecule has 5 nitrogen and oxygen atoms in total. The van der Waals surface area contributed by atoms with Gasteiger partial charge in [-0.25, -0.2) is 4.79 Å². The minimum Gasteiger partial charge on any atom is -0.444 e. The normalized spacial score (nSPS) is 11.3. The number of aromatic nitrogens is 1. The Morgan fingerprint density at radius 2 is 2.09 bits per heavy atom. The van der Waals surface area contributed by atoms with E-state index < -0.39 is 5.60 Å². The summed E-state index contributed by atoms with van der Waals surface area (Å²) in [6.07, 6.45) is 3.70. The number of hydrogen-bond acceptors (Lipinski definition) is 4. The van der Waals surface area contributed by atoms with E-state index in [2.05, 4.69) is 11.9 Å². The molecule has 0 aliphatic carbocycles. The van der Waals surface area contributed by atoms with Gasteiger partial charge in [-0.15, -0.1) is 0 Å². The van der Waals surface area contributed by atoms with Crippen molar-refractivity contribution in [2.45, 2.75) is 59.1 Å². The van der Waals surface area contributed by atoms with Gasteiger partial charge in [-0.3, -0.25) is 4.98 Å². The van der Waals surface area contributed by atoms with Crippen molar-refractivity contribution in [1.82, 2.24) is 9.88 Å². The number of rotatable bonds is 7.